The number of aryl methyl sites for hydroxylation is 1. The van der Waals surface area contributed by atoms with Crippen molar-refractivity contribution in [2.24, 2.45) is 5.73 Å². The fourth-order valence-corrected chi connectivity index (χ4v) is 6.81. The topological polar surface area (TPSA) is 181 Å². The number of aromatic hydroxyl groups is 1. The number of anilines is 2. The lowest BCUT2D eigenvalue weighted by atomic mass is 9.89. The van der Waals surface area contributed by atoms with E-state index in [1.54, 1.807) is 12.1 Å². The van der Waals surface area contributed by atoms with Gasteiger partial charge < -0.3 is 36.7 Å². The Morgan fingerprint density at radius 2 is 1.58 bits per heavy atom. The molecule has 0 bridgehead atoms. The number of halogens is 2. The summed E-state index contributed by atoms with van der Waals surface area (Å²) in [7, 11) is 0. The highest BCUT2D eigenvalue weighted by molar-refractivity contribution is 5.94. The normalized spacial score (nSPS) is 15.8. The molecule has 0 saturated heterocycles. The maximum Gasteiger partial charge on any atom is 0.412 e. The predicted molar refractivity (Wildman–Crippen MR) is 213 cm³/mol. The number of aliphatic hydroxyl groups is 1. The SMILES string of the molecule is Cl.Cl.N[C@H]1CC[C@H](N(C(=O)O)c2cc(CCC(=O)Nc3ccc(CNC[C@H](O)c4ccc(O)c5[nH]c(=O)ccc45)cc3)ccc2-c2ccccc2)CC1. The number of carbonyl (C=O) groups excluding carboxylic acids is 1. The molecule has 1 aliphatic rings. The molecule has 4 aromatic carbocycles. The molecule has 11 nitrogen and oxygen atoms in total. The highest BCUT2D eigenvalue weighted by atomic mass is 35.5. The van der Waals surface area contributed by atoms with E-state index in [-0.39, 0.29) is 72.6 Å². The maximum atomic E-state index is 13.0. The number of carbonyl (C=O) groups is 2. The Kier molecular flexibility index (Phi) is 14.4. The van der Waals surface area contributed by atoms with Gasteiger partial charge >= 0.3 is 6.09 Å². The van der Waals surface area contributed by atoms with Crippen LogP contribution in [0.15, 0.2) is 102 Å². The molecule has 8 N–H and O–H groups in total. The number of H-pyrrole nitrogens is 1. The van der Waals surface area contributed by atoms with Crippen LogP contribution in [0.5, 0.6) is 5.75 Å². The Morgan fingerprint density at radius 1 is 0.887 bits per heavy atom. The largest absolute Gasteiger partial charge is 0.506 e. The lowest BCUT2D eigenvalue weighted by molar-refractivity contribution is -0.116. The molecule has 0 spiro atoms. The number of nitrogens with two attached hydrogens (primary N) is 1. The number of phenols is 1. The van der Waals surface area contributed by atoms with E-state index < -0.39 is 12.2 Å². The highest BCUT2D eigenvalue weighted by Gasteiger charge is 2.30. The van der Waals surface area contributed by atoms with E-state index in [4.69, 9.17) is 5.73 Å². The third-order valence-corrected chi connectivity index (χ3v) is 9.53. The van der Waals surface area contributed by atoms with Crippen LogP contribution in [0.2, 0.25) is 0 Å². The summed E-state index contributed by atoms with van der Waals surface area (Å²) < 4.78 is 0. The summed E-state index contributed by atoms with van der Waals surface area (Å²) >= 11 is 0. The van der Waals surface area contributed by atoms with Crippen LogP contribution in [0.1, 0.15) is 54.9 Å². The van der Waals surface area contributed by atoms with E-state index >= 15 is 0 Å². The molecule has 1 saturated carbocycles. The monoisotopic (exact) mass is 761 g/mol. The number of fused-ring (bicyclic) bond motifs is 1. The molecule has 1 atom stereocenters. The third kappa shape index (κ3) is 10.2. The van der Waals surface area contributed by atoms with Gasteiger partial charge in [-0.3, -0.25) is 14.5 Å². The molecule has 53 heavy (non-hydrogen) atoms. The number of rotatable bonds is 12. The first kappa shape index (κ1) is 40.9. The van der Waals surface area contributed by atoms with Crippen molar-refractivity contribution < 1.29 is 24.9 Å². The smallest absolute Gasteiger partial charge is 0.412 e. The molecule has 1 fully saturated rings. The van der Waals surface area contributed by atoms with Crippen LogP contribution in [-0.4, -0.2) is 50.9 Å². The Hall–Kier alpha value is -4.91. The van der Waals surface area contributed by atoms with Gasteiger partial charge in [0.25, 0.3) is 0 Å². The minimum Gasteiger partial charge on any atom is -0.506 e. The van der Waals surface area contributed by atoms with Crippen LogP contribution in [0.3, 0.4) is 0 Å². The molecule has 1 aromatic heterocycles. The van der Waals surface area contributed by atoms with E-state index in [1.165, 1.54) is 17.0 Å². The Balaban J connectivity index is 0.00000314. The van der Waals surface area contributed by atoms with Crippen molar-refractivity contribution in [2.45, 2.75) is 63.3 Å². The summed E-state index contributed by atoms with van der Waals surface area (Å²) in [4.78, 5) is 41.4. The Morgan fingerprint density at radius 3 is 2.28 bits per heavy atom. The summed E-state index contributed by atoms with van der Waals surface area (Å²) in [5.74, 6) is -0.217. The summed E-state index contributed by atoms with van der Waals surface area (Å²) in [5, 5.41) is 38.0. The van der Waals surface area contributed by atoms with Crippen LogP contribution in [-0.2, 0) is 17.8 Å². The average molecular weight is 763 g/mol. The van der Waals surface area contributed by atoms with Crippen LogP contribution >= 0.6 is 24.8 Å². The molecule has 2 amide bonds. The number of aromatic amines is 1. The van der Waals surface area contributed by atoms with E-state index in [9.17, 15) is 29.7 Å². The second kappa shape index (κ2) is 18.7. The van der Waals surface area contributed by atoms with Gasteiger partial charge in [0.05, 0.1) is 17.3 Å². The lowest BCUT2D eigenvalue weighted by Crippen LogP contribution is -2.44. The van der Waals surface area contributed by atoms with Crippen molar-refractivity contribution in [3.8, 4) is 16.9 Å². The summed E-state index contributed by atoms with van der Waals surface area (Å²) in [5.41, 5.74) is 11.5. The van der Waals surface area contributed by atoms with Crippen molar-refractivity contribution in [3.05, 3.63) is 124 Å². The molecule has 6 rings (SSSR count). The number of benzene rings is 4. The molecule has 13 heteroatoms. The first-order valence-corrected chi connectivity index (χ1v) is 17.2. The zero-order chi connectivity index (χ0) is 35.9. The third-order valence-electron chi connectivity index (χ3n) is 9.53. The number of pyridine rings is 1. The van der Waals surface area contributed by atoms with Gasteiger partial charge in [-0.2, -0.15) is 0 Å². The molecular formula is C40H45Cl2N5O6. The minimum atomic E-state index is -0.998. The number of aliphatic hydroxyl groups excluding tert-OH is 1. The van der Waals surface area contributed by atoms with Gasteiger partial charge in [0, 0.05) is 54.3 Å². The van der Waals surface area contributed by atoms with Crippen molar-refractivity contribution >= 4 is 59.1 Å². The Bertz CT molecular complexity index is 2050. The average Bonchev–Trinajstić information content (AvgIpc) is 3.13. The number of amides is 2. The standard InChI is InChI=1S/C40H43N5O6.2ClH/c41-28-10-14-30(15-11-28)45(40(50)51)34-22-25(8-16-31(34)27-4-2-1-3-5-27)9-20-37(48)43-29-12-6-26(7-13-29)23-42-24-36(47)32-17-19-35(46)39-33(32)18-21-38(49)44-39;;/h1-8,12-13,16-19,21-22,28,30,36,42,46-47H,9-11,14-15,20,23-24,41H2,(H,43,48)(H,44,49)(H,50,51);2*1H/t28-,30-,36-;;/m0../s1. The van der Waals surface area contributed by atoms with Gasteiger partial charge in [0.15, 0.2) is 0 Å². The van der Waals surface area contributed by atoms with E-state index in [0.717, 1.165) is 35.1 Å². The summed E-state index contributed by atoms with van der Waals surface area (Å²) in [6.45, 7) is 0.713. The zero-order valence-corrected chi connectivity index (χ0v) is 30.7. The van der Waals surface area contributed by atoms with Gasteiger partial charge in [0.1, 0.15) is 5.75 Å². The second-order valence-corrected chi connectivity index (χ2v) is 13.1. The van der Waals surface area contributed by atoms with Crippen LogP contribution in [0.25, 0.3) is 22.0 Å². The molecule has 1 heterocycles. The Labute approximate surface area is 320 Å². The number of hydrogen-bond acceptors (Lipinski definition) is 7. The van der Waals surface area contributed by atoms with Gasteiger partial charge in [-0.15, -0.1) is 24.8 Å². The number of aromatic nitrogens is 1. The van der Waals surface area contributed by atoms with Gasteiger partial charge in [-0.05, 0) is 84.7 Å². The van der Waals surface area contributed by atoms with Crippen molar-refractivity contribution in [1.29, 1.82) is 0 Å². The van der Waals surface area contributed by atoms with E-state index in [0.29, 0.717) is 48.1 Å². The second-order valence-electron chi connectivity index (χ2n) is 13.1. The van der Waals surface area contributed by atoms with E-state index in [1.807, 2.05) is 72.8 Å². The molecule has 5 aromatic rings. The molecule has 1 aliphatic carbocycles. The molecule has 0 radical (unpaired) electrons. The lowest BCUT2D eigenvalue weighted by Gasteiger charge is -2.35. The fourth-order valence-electron chi connectivity index (χ4n) is 6.81. The summed E-state index contributed by atoms with van der Waals surface area (Å²) in [6.07, 6.45) is 1.74. The number of phenolic OH excluding ortho intramolecular Hbond substituents is 1. The quantitative estimate of drug-likeness (QED) is 0.0718. The molecular weight excluding hydrogens is 717 g/mol. The number of hydrogen-bond donors (Lipinski definition) is 7. The van der Waals surface area contributed by atoms with Crippen LogP contribution in [0, 0.1) is 0 Å². The van der Waals surface area contributed by atoms with Crippen molar-refractivity contribution in [2.75, 3.05) is 16.8 Å². The summed E-state index contributed by atoms with van der Waals surface area (Å²) in [6, 6.07) is 28.9. The predicted octanol–water partition coefficient (Wildman–Crippen LogP) is 6.89. The van der Waals surface area contributed by atoms with Gasteiger partial charge in [-0.1, -0.05) is 60.7 Å². The molecule has 0 aliphatic heterocycles. The molecule has 0 unspecified atom stereocenters. The van der Waals surface area contributed by atoms with Crippen molar-refractivity contribution in [3.63, 3.8) is 0 Å². The van der Waals surface area contributed by atoms with E-state index in [2.05, 4.69) is 15.6 Å². The van der Waals surface area contributed by atoms with Gasteiger partial charge in [-0.25, -0.2) is 4.79 Å². The van der Waals surface area contributed by atoms with Crippen LogP contribution < -0.4 is 26.8 Å². The first-order valence-electron chi connectivity index (χ1n) is 17.2. The fraction of sp³-hybridized carbons (Fsp3) is 0.275. The number of nitrogens with one attached hydrogen (secondary N) is 3. The minimum absolute atomic E-state index is 0. The highest BCUT2D eigenvalue weighted by Crippen LogP contribution is 2.36. The maximum absolute atomic E-state index is 13.0. The van der Waals surface area contributed by atoms with Gasteiger partial charge in [0.2, 0.25) is 11.5 Å². The first-order chi connectivity index (χ1) is 24.7. The molecule has 280 valence electrons. The zero-order valence-electron chi connectivity index (χ0n) is 29.0. The van der Waals surface area contributed by atoms with Crippen LogP contribution in [0.4, 0.5) is 16.2 Å². The number of nitrogens with zero attached hydrogens (tertiary/aromatic N) is 1. The van der Waals surface area contributed by atoms with Crippen molar-refractivity contribution in [1.82, 2.24) is 10.3 Å². The number of carboxylic acid groups (broad SMARTS) is 1.